The predicted octanol–water partition coefficient (Wildman–Crippen LogP) is 4.37. The Morgan fingerprint density at radius 2 is 1.97 bits per heavy atom. The van der Waals surface area contributed by atoms with Crippen LogP contribution < -0.4 is 4.74 Å². The first-order valence-electron chi connectivity index (χ1n) is 10.3. The molecule has 1 N–H and O–H groups in total. The number of aromatic amines is 1. The van der Waals surface area contributed by atoms with Gasteiger partial charge in [0.25, 0.3) is 5.91 Å². The van der Waals surface area contributed by atoms with Gasteiger partial charge in [-0.15, -0.1) is 0 Å². The number of benzene rings is 2. The quantitative estimate of drug-likeness (QED) is 0.565. The molecule has 2 heterocycles. The number of carbonyl (C=O) groups is 1. The zero-order chi connectivity index (χ0) is 21.1. The predicted molar refractivity (Wildman–Crippen MR) is 116 cm³/mol. The van der Waals surface area contributed by atoms with E-state index in [4.69, 9.17) is 9.47 Å². The van der Waals surface area contributed by atoms with Crippen LogP contribution in [0.25, 0.3) is 11.3 Å². The Bertz CT molecular complexity index is 1030. The van der Waals surface area contributed by atoms with Crippen LogP contribution in [0.4, 0.5) is 0 Å². The van der Waals surface area contributed by atoms with Crippen molar-refractivity contribution >= 4 is 5.91 Å². The van der Waals surface area contributed by atoms with Gasteiger partial charge >= 0.3 is 0 Å². The highest BCUT2D eigenvalue weighted by Gasteiger charge is 2.41. The highest BCUT2D eigenvalue weighted by molar-refractivity contribution is 6.00. The van der Waals surface area contributed by atoms with Crippen molar-refractivity contribution in [2.75, 3.05) is 26.9 Å². The number of amides is 1. The molecule has 1 amide bonds. The van der Waals surface area contributed by atoms with Gasteiger partial charge in [0.2, 0.25) is 0 Å². The highest BCUT2D eigenvalue weighted by atomic mass is 16.5. The molecule has 2 aromatic carbocycles. The van der Waals surface area contributed by atoms with Gasteiger partial charge in [-0.25, -0.2) is 0 Å². The molecule has 156 valence electrons. The molecule has 0 spiro atoms. The van der Waals surface area contributed by atoms with Crippen molar-refractivity contribution in [1.82, 2.24) is 15.1 Å². The molecule has 0 radical (unpaired) electrons. The van der Waals surface area contributed by atoms with Gasteiger partial charge in [0.05, 0.1) is 18.3 Å². The number of H-pyrrole nitrogens is 1. The number of nitrogens with one attached hydrogen (secondary N) is 1. The molecule has 1 aromatic heterocycles. The van der Waals surface area contributed by atoms with Crippen molar-refractivity contribution in [1.29, 1.82) is 0 Å². The topological polar surface area (TPSA) is 67.5 Å². The van der Waals surface area contributed by atoms with E-state index < -0.39 is 0 Å². The lowest BCUT2D eigenvalue weighted by atomic mass is 9.95. The average Bonchev–Trinajstić information content (AvgIpc) is 3.29. The third-order valence-corrected chi connectivity index (χ3v) is 5.42. The Hall–Kier alpha value is -3.12. The van der Waals surface area contributed by atoms with Crippen LogP contribution in [0.1, 0.15) is 46.6 Å². The monoisotopic (exact) mass is 405 g/mol. The van der Waals surface area contributed by atoms with E-state index in [0.29, 0.717) is 25.5 Å². The van der Waals surface area contributed by atoms with E-state index in [1.165, 1.54) is 5.56 Å². The normalized spacial score (nSPS) is 15.5. The van der Waals surface area contributed by atoms with Gasteiger partial charge in [-0.1, -0.05) is 42.0 Å². The van der Waals surface area contributed by atoms with Gasteiger partial charge in [-0.05, 0) is 38.0 Å². The van der Waals surface area contributed by atoms with Gasteiger partial charge in [0.1, 0.15) is 11.4 Å². The van der Waals surface area contributed by atoms with Gasteiger partial charge < -0.3 is 14.4 Å². The molecule has 4 rings (SSSR count). The molecule has 3 aromatic rings. The van der Waals surface area contributed by atoms with Crippen LogP contribution in [-0.4, -0.2) is 47.9 Å². The van der Waals surface area contributed by atoms with Gasteiger partial charge in [-0.2, -0.15) is 5.10 Å². The molecule has 6 heteroatoms. The number of aryl methyl sites for hydroxylation is 1. The number of nitrogens with zero attached hydrogens (tertiary/aromatic N) is 2. The SMILES string of the molecule is CCOc1cccc(C2c3c(-c4ccc(C)cc4)n[nH]c3C(=O)N2CCCOC)c1. The van der Waals surface area contributed by atoms with Gasteiger partial charge in [0.15, 0.2) is 0 Å². The molecule has 0 fully saturated rings. The zero-order valence-corrected chi connectivity index (χ0v) is 17.6. The van der Waals surface area contributed by atoms with Crippen molar-refractivity contribution < 1.29 is 14.3 Å². The lowest BCUT2D eigenvalue weighted by Gasteiger charge is -2.26. The third-order valence-electron chi connectivity index (χ3n) is 5.42. The van der Waals surface area contributed by atoms with Crippen LogP contribution in [0, 0.1) is 6.92 Å². The van der Waals surface area contributed by atoms with E-state index in [-0.39, 0.29) is 11.9 Å². The van der Waals surface area contributed by atoms with Gasteiger partial charge in [0, 0.05) is 31.4 Å². The van der Waals surface area contributed by atoms with Crippen LogP contribution in [0.3, 0.4) is 0 Å². The Morgan fingerprint density at radius 1 is 1.17 bits per heavy atom. The molecule has 0 bridgehead atoms. The van der Waals surface area contributed by atoms with E-state index in [1.54, 1.807) is 7.11 Å². The smallest absolute Gasteiger partial charge is 0.273 e. The summed E-state index contributed by atoms with van der Waals surface area (Å²) in [7, 11) is 1.68. The van der Waals surface area contributed by atoms with E-state index in [0.717, 1.165) is 34.6 Å². The van der Waals surface area contributed by atoms with E-state index in [2.05, 4.69) is 41.4 Å². The summed E-state index contributed by atoms with van der Waals surface area (Å²) in [6, 6.07) is 16.0. The number of hydrogen-bond donors (Lipinski definition) is 1. The Morgan fingerprint density at radius 3 is 2.70 bits per heavy atom. The van der Waals surface area contributed by atoms with Crippen molar-refractivity contribution in [2.24, 2.45) is 0 Å². The second-order valence-electron chi connectivity index (χ2n) is 7.48. The molecule has 0 aliphatic carbocycles. The Kier molecular flexibility index (Phi) is 5.86. The summed E-state index contributed by atoms with van der Waals surface area (Å²) >= 11 is 0. The fraction of sp³-hybridized carbons (Fsp3) is 0.333. The molecule has 1 aliphatic rings. The maximum Gasteiger partial charge on any atom is 0.273 e. The minimum atomic E-state index is -0.222. The van der Waals surface area contributed by atoms with Crippen LogP contribution in [0.2, 0.25) is 0 Å². The highest BCUT2D eigenvalue weighted by Crippen LogP contribution is 2.43. The lowest BCUT2D eigenvalue weighted by molar-refractivity contribution is 0.0723. The molecular formula is C24H27N3O3. The molecule has 30 heavy (non-hydrogen) atoms. The summed E-state index contributed by atoms with van der Waals surface area (Å²) in [4.78, 5) is 15.2. The second kappa shape index (κ2) is 8.71. The number of aromatic nitrogens is 2. The molecule has 0 saturated heterocycles. The van der Waals surface area contributed by atoms with Crippen molar-refractivity contribution in [3.63, 3.8) is 0 Å². The molecule has 6 nitrogen and oxygen atoms in total. The summed E-state index contributed by atoms with van der Waals surface area (Å²) in [6.07, 6.45) is 0.765. The standard InChI is InChI=1S/C24H27N3O3/c1-4-30-19-8-5-7-18(15-19)23-20-21(17-11-9-16(2)10-12-17)25-26-22(20)24(28)27(23)13-6-14-29-3/h5,7-12,15,23H,4,6,13-14H2,1-3H3,(H,25,26). The number of carbonyl (C=O) groups excluding carboxylic acids is 1. The van der Waals surface area contributed by atoms with Crippen LogP contribution in [0.15, 0.2) is 48.5 Å². The van der Waals surface area contributed by atoms with Crippen LogP contribution in [0.5, 0.6) is 5.75 Å². The largest absolute Gasteiger partial charge is 0.494 e. The molecule has 1 unspecified atom stereocenters. The van der Waals surface area contributed by atoms with E-state index in [1.807, 2.05) is 36.1 Å². The Labute approximate surface area is 176 Å². The minimum Gasteiger partial charge on any atom is -0.494 e. The summed E-state index contributed by atoms with van der Waals surface area (Å²) in [5, 5.41) is 7.53. The van der Waals surface area contributed by atoms with Crippen LogP contribution >= 0.6 is 0 Å². The first kappa shape index (κ1) is 20.2. The van der Waals surface area contributed by atoms with Crippen LogP contribution in [-0.2, 0) is 4.74 Å². The van der Waals surface area contributed by atoms with Crippen molar-refractivity contribution in [2.45, 2.75) is 26.3 Å². The molecular weight excluding hydrogens is 378 g/mol. The number of hydrogen-bond acceptors (Lipinski definition) is 4. The van der Waals surface area contributed by atoms with Gasteiger partial charge in [-0.3, -0.25) is 9.89 Å². The number of methoxy groups -OCH3 is 1. The van der Waals surface area contributed by atoms with Crippen molar-refractivity contribution in [3.8, 4) is 17.0 Å². The fourth-order valence-corrected chi connectivity index (χ4v) is 4.03. The summed E-state index contributed by atoms with van der Waals surface area (Å²) in [6.45, 7) is 5.82. The summed E-state index contributed by atoms with van der Waals surface area (Å²) in [5.41, 5.74) is 5.50. The zero-order valence-electron chi connectivity index (χ0n) is 17.6. The third kappa shape index (κ3) is 3.71. The summed E-state index contributed by atoms with van der Waals surface area (Å²) in [5.74, 6) is 0.770. The molecule has 0 saturated carbocycles. The first-order chi connectivity index (χ1) is 14.6. The van der Waals surface area contributed by atoms with E-state index in [9.17, 15) is 4.79 Å². The number of fused-ring (bicyclic) bond motifs is 1. The van der Waals surface area contributed by atoms with E-state index >= 15 is 0 Å². The molecule has 1 atom stereocenters. The fourth-order valence-electron chi connectivity index (χ4n) is 4.03. The lowest BCUT2D eigenvalue weighted by Crippen LogP contribution is -2.31. The summed E-state index contributed by atoms with van der Waals surface area (Å²) < 4.78 is 10.9. The average molecular weight is 405 g/mol. The maximum atomic E-state index is 13.3. The molecule has 1 aliphatic heterocycles. The first-order valence-corrected chi connectivity index (χ1v) is 10.3. The van der Waals surface area contributed by atoms with Crippen molar-refractivity contribution in [3.05, 3.63) is 70.9 Å². The second-order valence-corrected chi connectivity index (χ2v) is 7.48. The maximum absolute atomic E-state index is 13.3. The Balaban J connectivity index is 1.80. The minimum absolute atomic E-state index is 0.0289. The number of ether oxygens (including phenoxy) is 2. The number of rotatable bonds is 8.